The van der Waals surface area contributed by atoms with Gasteiger partial charge in [-0.2, -0.15) is 0 Å². The third-order valence-electron chi connectivity index (χ3n) is 5.50. The van der Waals surface area contributed by atoms with Gasteiger partial charge in [-0.15, -0.1) is 10.0 Å². The Kier molecular flexibility index (Phi) is 2.92. The quantitative estimate of drug-likeness (QED) is 0.238. The van der Waals surface area contributed by atoms with E-state index < -0.39 is 10.0 Å². The summed E-state index contributed by atoms with van der Waals surface area (Å²) in [5.41, 5.74) is 5.54. The smallest absolute Gasteiger partial charge is 0.0182 e. The average molecular weight is 415 g/mol. The van der Waals surface area contributed by atoms with Gasteiger partial charge in [-0.25, -0.2) is 0 Å². The molecule has 4 aromatic rings. The second-order valence-electron chi connectivity index (χ2n) is 6.74. The van der Waals surface area contributed by atoms with Crippen LogP contribution >= 0.6 is 26.0 Å². The van der Waals surface area contributed by atoms with Crippen molar-refractivity contribution in [1.29, 1.82) is 0 Å². The van der Waals surface area contributed by atoms with Crippen molar-refractivity contribution < 1.29 is 0 Å². The van der Waals surface area contributed by atoms with E-state index in [2.05, 4.69) is 107 Å². The zero-order valence-electron chi connectivity index (χ0n) is 13.9. The Labute approximate surface area is 163 Å². The highest BCUT2D eigenvalue weighted by atomic mass is 79.9. The third-order valence-corrected chi connectivity index (χ3v) is 10.1. The first-order valence-electron chi connectivity index (χ1n) is 8.73. The van der Waals surface area contributed by atoms with E-state index in [9.17, 15) is 0 Å². The van der Waals surface area contributed by atoms with Crippen LogP contribution < -0.4 is 0 Å². The molecule has 124 valence electrons. The van der Waals surface area contributed by atoms with E-state index in [0.717, 1.165) is 4.47 Å². The Bertz CT molecular complexity index is 1160. The molecule has 2 heteroatoms. The summed E-state index contributed by atoms with van der Waals surface area (Å²) in [5, 5.41) is 0. The molecule has 0 amide bonds. The highest BCUT2D eigenvalue weighted by Gasteiger charge is 2.47. The van der Waals surface area contributed by atoms with Gasteiger partial charge < -0.3 is 0 Å². The molecule has 0 saturated heterocycles. The van der Waals surface area contributed by atoms with Crippen LogP contribution in [0.25, 0.3) is 22.3 Å². The lowest BCUT2D eigenvalue weighted by Crippen LogP contribution is -1.97. The summed E-state index contributed by atoms with van der Waals surface area (Å²) in [7, 11) is -1.40. The summed E-state index contributed by atoms with van der Waals surface area (Å²) in [4.78, 5) is 5.91. The van der Waals surface area contributed by atoms with E-state index in [0.29, 0.717) is 0 Å². The Morgan fingerprint density at radius 3 is 1.42 bits per heavy atom. The molecule has 0 unspecified atom stereocenters. The molecule has 26 heavy (non-hydrogen) atoms. The van der Waals surface area contributed by atoms with Crippen LogP contribution in [0.3, 0.4) is 0 Å². The number of hydrogen-bond acceptors (Lipinski definition) is 0. The molecule has 0 fully saturated rings. The monoisotopic (exact) mass is 414 g/mol. The van der Waals surface area contributed by atoms with Gasteiger partial charge in [-0.1, -0.05) is 70.5 Å². The van der Waals surface area contributed by atoms with E-state index in [4.69, 9.17) is 0 Å². The SMILES string of the molecule is Brc1ccc2c(c1)-c1ccccc1S21c2ccccc2-c2ccccc21. The van der Waals surface area contributed by atoms with Crippen LogP contribution in [0.5, 0.6) is 0 Å². The molecule has 2 aliphatic heterocycles. The summed E-state index contributed by atoms with van der Waals surface area (Å²) in [5.74, 6) is 0. The van der Waals surface area contributed by atoms with Crippen molar-refractivity contribution in [3.8, 4) is 22.3 Å². The van der Waals surface area contributed by atoms with Gasteiger partial charge in [-0.3, -0.25) is 0 Å². The fraction of sp³-hybridized carbons (Fsp3) is 0. The minimum atomic E-state index is -1.40. The maximum absolute atomic E-state index is 3.69. The number of benzene rings is 4. The van der Waals surface area contributed by atoms with Crippen molar-refractivity contribution in [2.45, 2.75) is 19.6 Å². The molecule has 6 rings (SSSR count). The highest BCUT2D eigenvalue weighted by Crippen LogP contribution is 2.84. The van der Waals surface area contributed by atoms with Gasteiger partial charge in [0.2, 0.25) is 0 Å². The lowest BCUT2D eigenvalue weighted by Gasteiger charge is -2.36. The molecular weight excluding hydrogens is 400 g/mol. The van der Waals surface area contributed by atoms with Crippen LogP contribution in [0.15, 0.2) is 115 Å². The molecule has 0 N–H and O–H groups in total. The van der Waals surface area contributed by atoms with E-state index in [-0.39, 0.29) is 0 Å². The van der Waals surface area contributed by atoms with Gasteiger partial charge in [0.05, 0.1) is 0 Å². The van der Waals surface area contributed by atoms with Gasteiger partial charge in [0, 0.05) is 24.1 Å². The van der Waals surface area contributed by atoms with Crippen molar-refractivity contribution in [3.05, 3.63) is 95.5 Å². The Balaban J connectivity index is 1.87. The third kappa shape index (κ3) is 1.62. The minimum absolute atomic E-state index is 1.14. The molecule has 0 nitrogen and oxygen atoms in total. The molecule has 0 atom stereocenters. The largest absolute Gasteiger partial charge is 0.130 e. The van der Waals surface area contributed by atoms with Crippen molar-refractivity contribution in [1.82, 2.24) is 0 Å². The molecular formula is C24H15BrS. The summed E-state index contributed by atoms with van der Waals surface area (Å²) >= 11 is 3.69. The summed E-state index contributed by atoms with van der Waals surface area (Å²) in [6.07, 6.45) is 0. The zero-order valence-corrected chi connectivity index (χ0v) is 16.3. The number of rotatable bonds is 0. The van der Waals surface area contributed by atoms with E-state index in [1.54, 1.807) is 0 Å². The first-order valence-corrected chi connectivity index (χ1v) is 11.2. The Hall–Kier alpha value is -2.29. The second-order valence-corrected chi connectivity index (χ2v) is 10.6. The highest BCUT2D eigenvalue weighted by molar-refractivity contribution is 9.10. The van der Waals surface area contributed by atoms with Crippen LogP contribution in [0.4, 0.5) is 0 Å². The molecule has 0 radical (unpaired) electrons. The van der Waals surface area contributed by atoms with Crippen LogP contribution in [0, 0.1) is 0 Å². The predicted octanol–water partition coefficient (Wildman–Crippen LogP) is 7.75. The van der Waals surface area contributed by atoms with Crippen molar-refractivity contribution in [3.63, 3.8) is 0 Å². The van der Waals surface area contributed by atoms with Gasteiger partial charge in [0.15, 0.2) is 0 Å². The molecule has 0 aliphatic carbocycles. The fourth-order valence-electron chi connectivity index (χ4n) is 4.56. The average Bonchev–Trinajstić information content (AvgIpc) is 3.15. The molecule has 2 heterocycles. The summed E-state index contributed by atoms with van der Waals surface area (Å²) < 4.78 is 1.14. The van der Waals surface area contributed by atoms with Gasteiger partial charge >= 0.3 is 0 Å². The fourth-order valence-corrected chi connectivity index (χ4v) is 9.48. The molecule has 1 spiro atoms. The first-order chi connectivity index (χ1) is 12.8. The number of fused-ring (bicyclic) bond motifs is 10. The van der Waals surface area contributed by atoms with Crippen molar-refractivity contribution in [2.24, 2.45) is 0 Å². The van der Waals surface area contributed by atoms with Gasteiger partial charge in [0.25, 0.3) is 0 Å². The lowest BCUT2D eigenvalue weighted by molar-refractivity contribution is 1.36. The van der Waals surface area contributed by atoms with E-state index in [1.165, 1.54) is 41.8 Å². The predicted molar refractivity (Wildman–Crippen MR) is 112 cm³/mol. The van der Waals surface area contributed by atoms with Crippen LogP contribution in [0.2, 0.25) is 0 Å². The topological polar surface area (TPSA) is 0 Å². The van der Waals surface area contributed by atoms with Crippen LogP contribution in [0.1, 0.15) is 0 Å². The number of halogens is 1. The lowest BCUT2D eigenvalue weighted by atomic mass is 10.1. The van der Waals surface area contributed by atoms with Crippen LogP contribution in [-0.4, -0.2) is 0 Å². The van der Waals surface area contributed by atoms with E-state index in [1.807, 2.05) is 0 Å². The maximum atomic E-state index is 3.69. The Morgan fingerprint density at radius 2 is 0.885 bits per heavy atom. The normalized spacial score (nSPS) is 15.9. The Morgan fingerprint density at radius 1 is 0.462 bits per heavy atom. The van der Waals surface area contributed by atoms with Crippen LogP contribution in [-0.2, 0) is 0 Å². The van der Waals surface area contributed by atoms with Crippen molar-refractivity contribution >= 4 is 26.0 Å². The van der Waals surface area contributed by atoms with Crippen molar-refractivity contribution in [2.75, 3.05) is 0 Å². The minimum Gasteiger partial charge on any atom is -0.130 e. The van der Waals surface area contributed by atoms with Gasteiger partial charge in [0.1, 0.15) is 0 Å². The molecule has 4 aromatic carbocycles. The number of hydrogen-bond donors (Lipinski definition) is 0. The maximum Gasteiger partial charge on any atom is 0.0182 e. The zero-order chi connectivity index (χ0) is 17.3. The van der Waals surface area contributed by atoms with Gasteiger partial charge in [-0.05, 0) is 58.7 Å². The summed E-state index contributed by atoms with van der Waals surface area (Å²) in [6.45, 7) is 0. The molecule has 0 bridgehead atoms. The standard InChI is InChI=1S/C24H15BrS/c25-16-13-14-24-20(15-16)19-9-3-6-12-23(19)26(24)21-10-4-1-7-17(21)18-8-2-5-11-22(18)26/h1-15H. The second kappa shape index (κ2) is 5.12. The van der Waals surface area contributed by atoms with E-state index >= 15 is 0 Å². The molecule has 0 aromatic heterocycles. The summed E-state index contributed by atoms with van der Waals surface area (Å²) in [6, 6.07) is 33.8. The molecule has 0 saturated carbocycles. The molecule has 2 aliphatic rings. The first kappa shape index (κ1) is 14.8.